The van der Waals surface area contributed by atoms with E-state index in [9.17, 15) is 9.59 Å². The summed E-state index contributed by atoms with van der Waals surface area (Å²) in [6, 6.07) is -0.947. The molecule has 0 aliphatic rings. The SMILES string of the molecule is CCCCNNC=NCCCC[C@@H](NC(=O)OC(C)(C)C)C(=O)O. The van der Waals surface area contributed by atoms with Crippen molar-refractivity contribution in [1.82, 2.24) is 16.2 Å². The van der Waals surface area contributed by atoms with Gasteiger partial charge >= 0.3 is 12.1 Å². The molecule has 8 nitrogen and oxygen atoms in total. The molecule has 0 spiro atoms. The van der Waals surface area contributed by atoms with Crippen molar-refractivity contribution in [3.8, 4) is 0 Å². The number of hydrogen-bond donors (Lipinski definition) is 4. The van der Waals surface area contributed by atoms with Crippen molar-refractivity contribution in [2.24, 2.45) is 4.99 Å². The molecule has 140 valence electrons. The van der Waals surface area contributed by atoms with Crippen molar-refractivity contribution in [2.75, 3.05) is 13.1 Å². The maximum absolute atomic E-state index is 11.6. The summed E-state index contributed by atoms with van der Waals surface area (Å²) in [4.78, 5) is 27.0. The van der Waals surface area contributed by atoms with Gasteiger partial charge in [0.05, 0.1) is 6.34 Å². The second kappa shape index (κ2) is 12.6. The number of amides is 1. The van der Waals surface area contributed by atoms with Gasteiger partial charge in [-0.25, -0.2) is 15.0 Å². The average Bonchev–Trinajstić information content (AvgIpc) is 2.45. The molecule has 0 heterocycles. The number of aliphatic imine (C=N–C) groups is 1. The number of hydrazine groups is 1. The third-order valence-electron chi connectivity index (χ3n) is 2.93. The van der Waals surface area contributed by atoms with Gasteiger partial charge in [0, 0.05) is 13.1 Å². The Morgan fingerprint density at radius 2 is 1.96 bits per heavy atom. The summed E-state index contributed by atoms with van der Waals surface area (Å²) in [6.07, 6.45) is 4.85. The number of hydrogen-bond acceptors (Lipinski definition) is 5. The highest BCUT2D eigenvalue weighted by Gasteiger charge is 2.23. The van der Waals surface area contributed by atoms with Crippen LogP contribution >= 0.6 is 0 Å². The van der Waals surface area contributed by atoms with E-state index in [0.717, 1.165) is 25.8 Å². The Morgan fingerprint density at radius 1 is 1.25 bits per heavy atom. The molecule has 0 rings (SSSR count). The lowest BCUT2D eigenvalue weighted by Gasteiger charge is -2.21. The fraction of sp³-hybridized carbons (Fsp3) is 0.812. The van der Waals surface area contributed by atoms with Crippen LogP contribution in [0.1, 0.15) is 59.8 Å². The molecule has 0 aliphatic carbocycles. The molecule has 0 aromatic carbocycles. The largest absolute Gasteiger partial charge is 0.480 e. The van der Waals surface area contributed by atoms with Crippen LogP contribution in [-0.4, -0.2) is 48.2 Å². The normalized spacial score (nSPS) is 12.8. The summed E-state index contributed by atoms with van der Waals surface area (Å²) < 4.78 is 5.07. The zero-order valence-electron chi connectivity index (χ0n) is 15.2. The summed E-state index contributed by atoms with van der Waals surface area (Å²) in [5.74, 6) is -1.06. The zero-order chi connectivity index (χ0) is 18.4. The van der Waals surface area contributed by atoms with Gasteiger partial charge in [0.25, 0.3) is 0 Å². The first kappa shape index (κ1) is 22.2. The molecule has 0 aliphatic heterocycles. The van der Waals surface area contributed by atoms with E-state index in [-0.39, 0.29) is 0 Å². The summed E-state index contributed by atoms with van der Waals surface area (Å²) in [5.41, 5.74) is 5.24. The number of ether oxygens (including phenoxy) is 1. The van der Waals surface area contributed by atoms with Crippen LogP contribution < -0.4 is 16.2 Å². The van der Waals surface area contributed by atoms with E-state index in [0.29, 0.717) is 19.4 Å². The van der Waals surface area contributed by atoms with E-state index in [1.165, 1.54) is 0 Å². The standard InChI is InChI=1S/C16H32N4O4/c1-5-6-11-18-19-12-17-10-8-7-9-13(14(21)22)20-15(23)24-16(2,3)4/h12-13,18H,5-11H2,1-4H3,(H,17,19)(H,20,23)(H,21,22)/t13-/m1/s1. The highest BCUT2D eigenvalue weighted by atomic mass is 16.6. The lowest BCUT2D eigenvalue weighted by molar-refractivity contribution is -0.139. The van der Waals surface area contributed by atoms with Gasteiger partial charge in [-0.3, -0.25) is 4.99 Å². The number of unbranched alkanes of at least 4 members (excludes halogenated alkanes) is 2. The third kappa shape index (κ3) is 13.8. The van der Waals surface area contributed by atoms with E-state index in [4.69, 9.17) is 9.84 Å². The second-order valence-corrected chi connectivity index (χ2v) is 6.49. The summed E-state index contributed by atoms with van der Waals surface area (Å²) in [6.45, 7) is 8.79. The molecule has 0 unspecified atom stereocenters. The van der Waals surface area contributed by atoms with Gasteiger partial charge < -0.3 is 20.6 Å². The summed E-state index contributed by atoms with van der Waals surface area (Å²) in [5, 5.41) is 11.5. The molecule has 1 amide bonds. The molecular formula is C16H32N4O4. The smallest absolute Gasteiger partial charge is 0.408 e. The van der Waals surface area contributed by atoms with Crippen LogP contribution in [0.3, 0.4) is 0 Å². The monoisotopic (exact) mass is 344 g/mol. The number of alkyl carbamates (subject to hydrolysis) is 1. The van der Waals surface area contributed by atoms with Gasteiger partial charge in [0.2, 0.25) is 0 Å². The molecule has 0 saturated carbocycles. The molecule has 8 heteroatoms. The number of aliphatic carboxylic acids is 1. The van der Waals surface area contributed by atoms with Crippen LogP contribution in [0.2, 0.25) is 0 Å². The first-order valence-electron chi connectivity index (χ1n) is 8.45. The molecular weight excluding hydrogens is 312 g/mol. The predicted octanol–water partition coefficient (Wildman–Crippen LogP) is 2.06. The molecule has 0 aromatic rings. The predicted molar refractivity (Wildman–Crippen MR) is 94.0 cm³/mol. The molecule has 0 bridgehead atoms. The quantitative estimate of drug-likeness (QED) is 0.187. The highest BCUT2D eigenvalue weighted by molar-refractivity contribution is 5.79. The lowest BCUT2D eigenvalue weighted by atomic mass is 10.1. The maximum Gasteiger partial charge on any atom is 0.408 e. The molecule has 0 saturated heterocycles. The van der Waals surface area contributed by atoms with Gasteiger partial charge in [0.1, 0.15) is 11.6 Å². The molecule has 1 atom stereocenters. The fourth-order valence-corrected chi connectivity index (χ4v) is 1.75. The van der Waals surface area contributed by atoms with Crippen molar-refractivity contribution in [1.29, 1.82) is 0 Å². The van der Waals surface area contributed by atoms with Crippen LogP contribution in [0.5, 0.6) is 0 Å². The summed E-state index contributed by atoms with van der Waals surface area (Å²) >= 11 is 0. The van der Waals surface area contributed by atoms with E-state index in [1.807, 2.05) is 0 Å². The molecule has 4 N–H and O–H groups in total. The number of nitrogens with one attached hydrogen (secondary N) is 3. The molecule has 24 heavy (non-hydrogen) atoms. The van der Waals surface area contributed by atoms with Gasteiger partial charge in [-0.2, -0.15) is 0 Å². The maximum atomic E-state index is 11.6. The number of nitrogens with zero attached hydrogens (tertiary/aromatic N) is 1. The van der Waals surface area contributed by atoms with Gasteiger partial charge in [-0.05, 0) is 46.5 Å². The van der Waals surface area contributed by atoms with Crippen LogP contribution in [0.15, 0.2) is 4.99 Å². The van der Waals surface area contributed by atoms with E-state index < -0.39 is 23.7 Å². The van der Waals surface area contributed by atoms with Crippen molar-refractivity contribution in [3.63, 3.8) is 0 Å². The van der Waals surface area contributed by atoms with Crippen molar-refractivity contribution >= 4 is 18.4 Å². The second-order valence-electron chi connectivity index (χ2n) is 6.49. The minimum absolute atomic E-state index is 0.340. The average molecular weight is 344 g/mol. The van der Waals surface area contributed by atoms with E-state index in [2.05, 4.69) is 28.1 Å². The zero-order valence-corrected chi connectivity index (χ0v) is 15.2. The minimum Gasteiger partial charge on any atom is -0.480 e. The van der Waals surface area contributed by atoms with Crippen LogP contribution in [0, 0.1) is 0 Å². The molecule has 0 fully saturated rings. The van der Waals surface area contributed by atoms with Crippen molar-refractivity contribution < 1.29 is 19.4 Å². The fourth-order valence-electron chi connectivity index (χ4n) is 1.75. The molecule has 0 radical (unpaired) electrons. The first-order valence-corrected chi connectivity index (χ1v) is 8.45. The first-order chi connectivity index (χ1) is 11.3. The van der Waals surface area contributed by atoms with Gasteiger partial charge in [-0.15, -0.1) is 0 Å². The Hall–Kier alpha value is -1.83. The third-order valence-corrected chi connectivity index (χ3v) is 2.93. The Kier molecular flexibility index (Phi) is 11.6. The van der Waals surface area contributed by atoms with E-state index in [1.54, 1.807) is 27.1 Å². The van der Waals surface area contributed by atoms with Crippen molar-refractivity contribution in [2.45, 2.75) is 71.4 Å². The Bertz CT molecular complexity index is 394. The minimum atomic E-state index is -1.06. The number of carboxylic acids is 1. The number of rotatable bonds is 12. The number of carboxylic acid groups (broad SMARTS) is 1. The van der Waals surface area contributed by atoms with Crippen LogP contribution in [0.4, 0.5) is 4.79 Å². The highest BCUT2D eigenvalue weighted by Crippen LogP contribution is 2.08. The number of carbonyl (C=O) groups excluding carboxylic acids is 1. The Morgan fingerprint density at radius 3 is 2.54 bits per heavy atom. The van der Waals surface area contributed by atoms with E-state index >= 15 is 0 Å². The lowest BCUT2D eigenvalue weighted by Crippen LogP contribution is -2.43. The van der Waals surface area contributed by atoms with Gasteiger partial charge in [-0.1, -0.05) is 13.3 Å². The summed E-state index contributed by atoms with van der Waals surface area (Å²) in [7, 11) is 0. The topological polar surface area (TPSA) is 112 Å². The van der Waals surface area contributed by atoms with Crippen LogP contribution in [-0.2, 0) is 9.53 Å². The number of carbonyl (C=O) groups is 2. The molecule has 0 aromatic heterocycles. The van der Waals surface area contributed by atoms with Gasteiger partial charge in [0.15, 0.2) is 0 Å². The Balaban J connectivity index is 3.88. The Labute approximate surface area is 144 Å². The van der Waals surface area contributed by atoms with Crippen LogP contribution in [0.25, 0.3) is 0 Å². The van der Waals surface area contributed by atoms with Crippen molar-refractivity contribution in [3.05, 3.63) is 0 Å².